The van der Waals surface area contributed by atoms with Crippen LogP contribution >= 0.6 is 0 Å². The van der Waals surface area contributed by atoms with Gasteiger partial charge in [0.25, 0.3) is 5.91 Å². The fourth-order valence-electron chi connectivity index (χ4n) is 2.07. The molecular weight excluding hydrogens is 266 g/mol. The van der Waals surface area contributed by atoms with Gasteiger partial charge in [0.1, 0.15) is 5.75 Å². The smallest absolute Gasteiger partial charge is 0.262 e. The Balaban J connectivity index is 1.81. The van der Waals surface area contributed by atoms with Crippen LogP contribution in [0.1, 0.15) is 15.9 Å². The largest absolute Gasteiger partial charge is 0.482 e. The summed E-state index contributed by atoms with van der Waals surface area (Å²) in [6, 6.07) is 14.6. The minimum Gasteiger partial charge on any atom is -0.482 e. The zero-order valence-corrected chi connectivity index (χ0v) is 11.2. The third-order valence-electron chi connectivity index (χ3n) is 3.12. The summed E-state index contributed by atoms with van der Waals surface area (Å²) in [5.41, 5.74) is 2.00. The number of ether oxygens (including phenoxy) is 1. The lowest BCUT2D eigenvalue weighted by molar-refractivity contribution is -0.118. The molecule has 1 heterocycles. The number of hydrogen-bond donors (Lipinski definition) is 1. The van der Waals surface area contributed by atoms with Gasteiger partial charge in [0.2, 0.25) is 0 Å². The SMILES string of the molecule is O=C1COc2ccc(C(=O)C=Cc3ccccc3)cc2N1. The molecule has 3 rings (SSSR count). The Morgan fingerprint density at radius 3 is 2.76 bits per heavy atom. The highest BCUT2D eigenvalue weighted by Gasteiger charge is 2.17. The summed E-state index contributed by atoms with van der Waals surface area (Å²) < 4.78 is 5.26. The van der Waals surface area contributed by atoms with E-state index in [1.54, 1.807) is 24.3 Å². The van der Waals surface area contributed by atoms with E-state index in [0.717, 1.165) is 5.56 Å². The van der Waals surface area contributed by atoms with Crippen molar-refractivity contribution in [3.05, 3.63) is 65.7 Å². The first-order valence-corrected chi connectivity index (χ1v) is 6.56. The molecule has 1 amide bonds. The second kappa shape index (κ2) is 5.63. The van der Waals surface area contributed by atoms with Crippen molar-refractivity contribution in [2.75, 3.05) is 11.9 Å². The van der Waals surface area contributed by atoms with Crippen LogP contribution in [-0.2, 0) is 4.79 Å². The highest BCUT2D eigenvalue weighted by atomic mass is 16.5. The molecule has 1 N–H and O–H groups in total. The lowest BCUT2D eigenvalue weighted by Gasteiger charge is -2.17. The molecule has 0 bridgehead atoms. The van der Waals surface area contributed by atoms with E-state index in [-0.39, 0.29) is 18.3 Å². The van der Waals surface area contributed by atoms with Crippen LogP contribution in [0.3, 0.4) is 0 Å². The predicted octanol–water partition coefficient (Wildman–Crippen LogP) is 2.91. The maximum Gasteiger partial charge on any atom is 0.262 e. The minimum atomic E-state index is -0.216. The van der Waals surface area contributed by atoms with Crippen molar-refractivity contribution in [2.24, 2.45) is 0 Å². The highest BCUT2D eigenvalue weighted by molar-refractivity contribution is 6.08. The molecule has 1 aliphatic heterocycles. The molecular formula is C17H13NO3. The van der Waals surface area contributed by atoms with Crippen LogP contribution in [0, 0.1) is 0 Å². The van der Waals surface area contributed by atoms with Gasteiger partial charge >= 0.3 is 0 Å². The van der Waals surface area contributed by atoms with Crippen LogP contribution in [-0.4, -0.2) is 18.3 Å². The summed E-state index contributed by atoms with van der Waals surface area (Å²) in [6.45, 7) is 0.00814. The summed E-state index contributed by atoms with van der Waals surface area (Å²) in [4.78, 5) is 23.4. The first-order valence-electron chi connectivity index (χ1n) is 6.56. The van der Waals surface area contributed by atoms with Gasteiger partial charge < -0.3 is 10.1 Å². The van der Waals surface area contributed by atoms with E-state index in [4.69, 9.17) is 4.74 Å². The van der Waals surface area contributed by atoms with E-state index >= 15 is 0 Å². The zero-order valence-electron chi connectivity index (χ0n) is 11.2. The average molecular weight is 279 g/mol. The summed E-state index contributed by atoms with van der Waals surface area (Å²) in [7, 11) is 0. The fourth-order valence-corrected chi connectivity index (χ4v) is 2.07. The summed E-state index contributed by atoms with van der Waals surface area (Å²) >= 11 is 0. The molecule has 0 saturated carbocycles. The molecule has 0 radical (unpaired) electrons. The number of amides is 1. The van der Waals surface area contributed by atoms with Gasteiger partial charge in [-0.3, -0.25) is 9.59 Å². The third kappa shape index (κ3) is 3.00. The van der Waals surface area contributed by atoms with Crippen molar-refractivity contribution in [3.8, 4) is 5.75 Å². The first-order chi connectivity index (χ1) is 10.2. The number of nitrogens with one attached hydrogen (secondary N) is 1. The number of rotatable bonds is 3. The van der Waals surface area contributed by atoms with Gasteiger partial charge in [-0.2, -0.15) is 0 Å². The Morgan fingerprint density at radius 2 is 1.95 bits per heavy atom. The normalized spacial score (nSPS) is 13.4. The van der Waals surface area contributed by atoms with Crippen LogP contribution in [0.15, 0.2) is 54.6 Å². The van der Waals surface area contributed by atoms with Gasteiger partial charge in [0.15, 0.2) is 12.4 Å². The van der Waals surface area contributed by atoms with E-state index in [9.17, 15) is 9.59 Å². The van der Waals surface area contributed by atoms with Gasteiger partial charge in [0, 0.05) is 5.56 Å². The number of carbonyl (C=O) groups is 2. The van der Waals surface area contributed by atoms with E-state index in [1.807, 2.05) is 30.3 Å². The Labute approximate surface area is 122 Å². The summed E-state index contributed by atoms with van der Waals surface area (Å²) in [6.07, 6.45) is 3.28. The molecule has 2 aromatic carbocycles. The molecule has 0 fully saturated rings. The van der Waals surface area contributed by atoms with Crippen molar-refractivity contribution in [1.29, 1.82) is 0 Å². The van der Waals surface area contributed by atoms with Crippen molar-refractivity contribution in [2.45, 2.75) is 0 Å². The molecule has 4 nitrogen and oxygen atoms in total. The maximum absolute atomic E-state index is 12.1. The molecule has 4 heteroatoms. The molecule has 0 atom stereocenters. The average Bonchev–Trinajstić information content (AvgIpc) is 2.53. The predicted molar refractivity (Wildman–Crippen MR) is 80.4 cm³/mol. The molecule has 0 saturated heterocycles. The van der Waals surface area contributed by atoms with Gasteiger partial charge in [-0.05, 0) is 29.8 Å². The third-order valence-corrected chi connectivity index (χ3v) is 3.12. The number of anilines is 1. The Kier molecular flexibility index (Phi) is 3.51. The van der Waals surface area contributed by atoms with E-state index < -0.39 is 0 Å². The summed E-state index contributed by atoms with van der Waals surface area (Å²) in [5.74, 6) is 0.242. The number of ketones is 1. The number of allylic oxidation sites excluding steroid dienone is 1. The quantitative estimate of drug-likeness (QED) is 0.694. The maximum atomic E-state index is 12.1. The lowest BCUT2D eigenvalue weighted by Crippen LogP contribution is -2.25. The van der Waals surface area contributed by atoms with Crippen LogP contribution < -0.4 is 10.1 Å². The monoisotopic (exact) mass is 279 g/mol. The van der Waals surface area contributed by atoms with Gasteiger partial charge in [0.05, 0.1) is 5.69 Å². The fraction of sp³-hybridized carbons (Fsp3) is 0.0588. The Morgan fingerprint density at radius 1 is 1.14 bits per heavy atom. The molecule has 1 aliphatic rings. The van der Waals surface area contributed by atoms with Crippen molar-refractivity contribution >= 4 is 23.5 Å². The van der Waals surface area contributed by atoms with Crippen molar-refractivity contribution in [3.63, 3.8) is 0 Å². The van der Waals surface area contributed by atoms with E-state index in [1.165, 1.54) is 6.08 Å². The Bertz CT molecular complexity index is 720. The molecule has 0 aliphatic carbocycles. The second-order valence-electron chi connectivity index (χ2n) is 4.66. The number of carbonyl (C=O) groups excluding carboxylic acids is 2. The highest BCUT2D eigenvalue weighted by Crippen LogP contribution is 2.28. The lowest BCUT2D eigenvalue weighted by atomic mass is 10.1. The van der Waals surface area contributed by atoms with Crippen LogP contribution in [0.4, 0.5) is 5.69 Å². The molecule has 0 aromatic heterocycles. The van der Waals surface area contributed by atoms with Gasteiger partial charge in [-0.25, -0.2) is 0 Å². The summed E-state index contributed by atoms with van der Waals surface area (Å²) in [5, 5.41) is 2.69. The van der Waals surface area contributed by atoms with Crippen molar-refractivity contribution < 1.29 is 14.3 Å². The van der Waals surface area contributed by atoms with Gasteiger partial charge in [-0.15, -0.1) is 0 Å². The van der Waals surface area contributed by atoms with E-state index in [0.29, 0.717) is 17.0 Å². The zero-order chi connectivity index (χ0) is 14.7. The minimum absolute atomic E-state index is 0.00814. The first kappa shape index (κ1) is 13.1. The molecule has 104 valence electrons. The van der Waals surface area contributed by atoms with Crippen molar-refractivity contribution in [1.82, 2.24) is 0 Å². The molecule has 21 heavy (non-hydrogen) atoms. The number of fused-ring (bicyclic) bond motifs is 1. The van der Waals surface area contributed by atoms with Crippen LogP contribution in [0.5, 0.6) is 5.75 Å². The van der Waals surface area contributed by atoms with Gasteiger partial charge in [-0.1, -0.05) is 36.4 Å². The Hall–Kier alpha value is -2.88. The topological polar surface area (TPSA) is 55.4 Å². The molecule has 0 unspecified atom stereocenters. The van der Waals surface area contributed by atoms with Crippen LogP contribution in [0.2, 0.25) is 0 Å². The number of hydrogen-bond acceptors (Lipinski definition) is 3. The van der Waals surface area contributed by atoms with Crippen LogP contribution in [0.25, 0.3) is 6.08 Å². The molecule has 2 aromatic rings. The number of benzene rings is 2. The second-order valence-corrected chi connectivity index (χ2v) is 4.66. The molecule has 0 spiro atoms. The van der Waals surface area contributed by atoms with E-state index in [2.05, 4.69) is 5.32 Å². The standard InChI is InChI=1S/C17H13NO3/c19-15(8-6-12-4-2-1-3-5-12)13-7-9-16-14(10-13)18-17(20)11-21-16/h1-10H,11H2,(H,18,20).